The van der Waals surface area contributed by atoms with E-state index in [1.165, 1.54) is 0 Å². The Morgan fingerprint density at radius 2 is 2.04 bits per heavy atom. The van der Waals surface area contributed by atoms with E-state index in [-0.39, 0.29) is 17.7 Å². The molecular weight excluding hydrogens is 424 g/mol. The zero-order valence-corrected chi connectivity index (χ0v) is 17.7. The number of hydrogen-bond donors (Lipinski definition) is 1. The first kappa shape index (κ1) is 20.4. The molecule has 0 spiro atoms. The maximum absolute atomic E-state index is 12.7. The maximum atomic E-state index is 12.7. The van der Waals surface area contributed by atoms with Crippen LogP contribution in [0, 0.1) is 5.92 Å². The van der Waals surface area contributed by atoms with Crippen molar-refractivity contribution in [3.63, 3.8) is 0 Å². The molecule has 150 valence electrons. The monoisotopic (exact) mass is 448 g/mol. The van der Waals surface area contributed by atoms with Gasteiger partial charge in [0.25, 0.3) is 5.91 Å². The normalized spacial score (nSPS) is 15.9. The molecule has 1 fully saturated rings. The van der Waals surface area contributed by atoms with Gasteiger partial charge in [-0.1, -0.05) is 12.1 Å². The summed E-state index contributed by atoms with van der Waals surface area (Å²) in [6.45, 7) is 5.61. The second kappa shape index (κ2) is 9.23. The Hall–Kier alpha value is -2.35. The summed E-state index contributed by atoms with van der Waals surface area (Å²) in [4.78, 5) is 26.9. The lowest BCUT2D eigenvalue weighted by molar-refractivity contribution is -0.140. The number of benzene rings is 1. The van der Waals surface area contributed by atoms with E-state index in [1.54, 1.807) is 22.7 Å². The van der Waals surface area contributed by atoms with Gasteiger partial charge in [0.2, 0.25) is 5.91 Å². The maximum Gasteiger partial charge on any atom is 0.263 e. The highest BCUT2D eigenvalue weighted by atomic mass is 79.9. The number of carbonyl (C=O) groups excluding carboxylic acids is 2. The summed E-state index contributed by atoms with van der Waals surface area (Å²) in [7, 11) is 0. The quantitative estimate of drug-likeness (QED) is 0.735. The minimum absolute atomic E-state index is 0.0136. The molecular formula is C20H25BrN4O3. The number of nitrogens with one attached hydrogen (secondary N) is 1. The van der Waals surface area contributed by atoms with Crippen LogP contribution in [0.25, 0.3) is 0 Å². The smallest absolute Gasteiger partial charge is 0.263 e. The SMILES string of the molecule is CCn1cc(NC(=O)C2CCN(C(=O)C(C)Oc3ccccc3Br)CC2)cn1. The first-order valence-electron chi connectivity index (χ1n) is 9.51. The largest absolute Gasteiger partial charge is 0.480 e. The van der Waals surface area contributed by atoms with Gasteiger partial charge >= 0.3 is 0 Å². The predicted octanol–water partition coefficient (Wildman–Crippen LogP) is 3.31. The number of carbonyl (C=O) groups is 2. The Labute approximate surface area is 173 Å². The van der Waals surface area contributed by atoms with E-state index in [2.05, 4.69) is 26.3 Å². The minimum atomic E-state index is -0.580. The average Bonchev–Trinajstić information content (AvgIpc) is 3.16. The van der Waals surface area contributed by atoms with Crippen LogP contribution >= 0.6 is 15.9 Å². The van der Waals surface area contributed by atoms with E-state index in [0.717, 1.165) is 11.0 Å². The number of likely N-dealkylation sites (tertiary alicyclic amines) is 1. The van der Waals surface area contributed by atoms with E-state index in [1.807, 2.05) is 37.4 Å². The van der Waals surface area contributed by atoms with Gasteiger partial charge < -0.3 is 15.0 Å². The third-order valence-corrected chi connectivity index (χ3v) is 5.55. The second-order valence-corrected chi connectivity index (χ2v) is 7.72. The van der Waals surface area contributed by atoms with Gasteiger partial charge in [0.05, 0.1) is 16.4 Å². The van der Waals surface area contributed by atoms with Crippen molar-refractivity contribution >= 4 is 33.4 Å². The molecule has 7 nitrogen and oxygen atoms in total. The summed E-state index contributed by atoms with van der Waals surface area (Å²) < 4.78 is 8.38. The number of anilines is 1. The van der Waals surface area contributed by atoms with Gasteiger partial charge in [-0.2, -0.15) is 5.10 Å². The number of para-hydroxylation sites is 1. The minimum Gasteiger partial charge on any atom is -0.480 e. The Morgan fingerprint density at radius 1 is 1.32 bits per heavy atom. The zero-order chi connectivity index (χ0) is 20.1. The third kappa shape index (κ3) is 4.92. The molecule has 2 heterocycles. The van der Waals surface area contributed by atoms with Crippen LogP contribution in [0.3, 0.4) is 0 Å². The van der Waals surface area contributed by atoms with E-state index >= 15 is 0 Å². The van der Waals surface area contributed by atoms with Crippen molar-refractivity contribution in [2.75, 3.05) is 18.4 Å². The van der Waals surface area contributed by atoms with Crippen molar-refractivity contribution in [2.45, 2.75) is 39.3 Å². The van der Waals surface area contributed by atoms with E-state index in [9.17, 15) is 9.59 Å². The molecule has 8 heteroatoms. The molecule has 28 heavy (non-hydrogen) atoms. The Bertz CT molecular complexity index is 830. The fourth-order valence-electron chi connectivity index (χ4n) is 3.25. The van der Waals surface area contributed by atoms with Crippen molar-refractivity contribution in [3.8, 4) is 5.75 Å². The number of nitrogens with zero attached hydrogens (tertiary/aromatic N) is 3. The summed E-state index contributed by atoms with van der Waals surface area (Å²) >= 11 is 3.43. The molecule has 2 amide bonds. The van der Waals surface area contributed by atoms with Crippen molar-refractivity contribution in [1.82, 2.24) is 14.7 Å². The number of amides is 2. The average molecular weight is 449 g/mol. The summed E-state index contributed by atoms with van der Waals surface area (Å²) in [6.07, 6.45) is 4.17. The first-order valence-corrected chi connectivity index (χ1v) is 10.3. The van der Waals surface area contributed by atoms with Gasteiger partial charge in [0.1, 0.15) is 5.75 Å². The molecule has 1 saturated heterocycles. The van der Waals surface area contributed by atoms with Crippen LogP contribution in [0.4, 0.5) is 5.69 Å². The number of aromatic nitrogens is 2. The molecule has 2 aromatic rings. The molecule has 0 radical (unpaired) electrons. The number of hydrogen-bond acceptors (Lipinski definition) is 4. The van der Waals surface area contributed by atoms with Crippen LogP contribution in [0.15, 0.2) is 41.1 Å². The molecule has 1 aromatic carbocycles. The second-order valence-electron chi connectivity index (χ2n) is 6.86. The molecule has 0 saturated carbocycles. The molecule has 1 unspecified atom stereocenters. The molecule has 1 aliphatic rings. The van der Waals surface area contributed by atoms with Crippen LogP contribution in [-0.4, -0.2) is 45.7 Å². The fourth-order valence-corrected chi connectivity index (χ4v) is 3.62. The summed E-state index contributed by atoms with van der Waals surface area (Å²) in [5.41, 5.74) is 0.709. The number of aryl methyl sites for hydroxylation is 1. The Morgan fingerprint density at radius 3 is 2.68 bits per heavy atom. The molecule has 1 aromatic heterocycles. The summed E-state index contributed by atoms with van der Waals surface area (Å²) in [6, 6.07) is 7.46. The lowest BCUT2D eigenvalue weighted by atomic mass is 9.95. The number of rotatable bonds is 6. The number of halogens is 1. The van der Waals surface area contributed by atoms with E-state index < -0.39 is 6.10 Å². The van der Waals surface area contributed by atoms with Gasteiger partial charge in [-0.3, -0.25) is 14.3 Å². The highest BCUT2D eigenvalue weighted by Crippen LogP contribution is 2.26. The van der Waals surface area contributed by atoms with Crippen molar-refractivity contribution in [3.05, 3.63) is 41.1 Å². The van der Waals surface area contributed by atoms with Gasteiger partial charge in [0.15, 0.2) is 6.10 Å². The number of piperidine rings is 1. The van der Waals surface area contributed by atoms with Crippen molar-refractivity contribution in [2.24, 2.45) is 5.92 Å². The first-order chi connectivity index (χ1) is 13.5. The lowest BCUT2D eigenvalue weighted by Crippen LogP contribution is -2.46. The molecule has 1 N–H and O–H groups in total. The van der Waals surface area contributed by atoms with Crippen LogP contribution in [-0.2, 0) is 16.1 Å². The molecule has 1 atom stereocenters. The van der Waals surface area contributed by atoms with E-state index in [0.29, 0.717) is 37.4 Å². The van der Waals surface area contributed by atoms with Gasteiger partial charge in [-0.15, -0.1) is 0 Å². The molecule has 0 bridgehead atoms. The molecule has 1 aliphatic heterocycles. The van der Waals surface area contributed by atoms with Crippen LogP contribution in [0.1, 0.15) is 26.7 Å². The zero-order valence-electron chi connectivity index (χ0n) is 16.1. The highest BCUT2D eigenvalue weighted by molar-refractivity contribution is 9.10. The predicted molar refractivity (Wildman–Crippen MR) is 110 cm³/mol. The van der Waals surface area contributed by atoms with Crippen LogP contribution < -0.4 is 10.1 Å². The van der Waals surface area contributed by atoms with Gasteiger partial charge in [-0.25, -0.2) is 0 Å². The molecule has 3 rings (SSSR count). The highest BCUT2D eigenvalue weighted by Gasteiger charge is 2.30. The lowest BCUT2D eigenvalue weighted by Gasteiger charge is -2.33. The van der Waals surface area contributed by atoms with Crippen molar-refractivity contribution < 1.29 is 14.3 Å². The van der Waals surface area contributed by atoms with Crippen molar-refractivity contribution in [1.29, 1.82) is 0 Å². The Kier molecular flexibility index (Phi) is 6.72. The topological polar surface area (TPSA) is 76.5 Å². The fraction of sp³-hybridized carbons (Fsp3) is 0.450. The Balaban J connectivity index is 1.49. The summed E-state index contributed by atoms with van der Waals surface area (Å²) in [5.74, 6) is 0.470. The van der Waals surface area contributed by atoms with Gasteiger partial charge in [-0.05, 0) is 54.8 Å². The summed E-state index contributed by atoms with van der Waals surface area (Å²) in [5, 5.41) is 7.08. The third-order valence-electron chi connectivity index (χ3n) is 4.89. The van der Waals surface area contributed by atoms with Crippen LogP contribution in [0.5, 0.6) is 5.75 Å². The van der Waals surface area contributed by atoms with Crippen LogP contribution in [0.2, 0.25) is 0 Å². The molecule has 0 aliphatic carbocycles. The standard InChI is InChI=1S/C20H25BrN4O3/c1-3-25-13-16(12-22-25)23-19(26)15-8-10-24(11-9-15)20(27)14(2)28-18-7-5-4-6-17(18)21/h4-7,12-15H,3,8-11H2,1-2H3,(H,23,26). The number of ether oxygens (including phenoxy) is 1. The van der Waals surface area contributed by atoms with E-state index in [4.69, 9.17) is 4.74 Å². The van der Waals surface area contributed by atoms with Gasteiger partial charge in [0, 0.05) is 31.7 Å².